The molecule has 3 heterocycles. The van der Waals surface area contributed by atoms with E-state index in [1.807, 2.05) is 42.5 Å². The van der Waals surface area contributed by atoms with Crippen LogP contribution in [-0.2, 0) is 0 Å². The number of carbonyl (C=O) groups is 1. The summed E-state index contributed by atoms with van der Waals surface area (Å²) in [6.07, 6.45) is 9.66. The molecule has 0 saturated carbocycles. The second kappa shape index (κ2) is 9.81. The molecule has 30 heavy (non-hydrogen) atoms. The molecule has 0 spiro atoms. The minimum atomic E-state index is -0.0376. The molecule has 5 heteroatoms. The number of pyridine rings is 2. The molecule has 1 atom stereocenters. The SMILES string of the molecule is CCC1CCCCN1CCCNC(=O)c1cc(-c2cccnc2)nc2ccccc12. The van der Waals surface area contributed by atoms with Gasteiger partial charge in [0.2, 0.25) is 0 Å². The van der Waals surface area contributed by atoms with Crippen LogP contribution in [0.3, 0.4) is 0 Å². The largest absolute Gasteiger partial charge is 0.352 e. The number of hydrogen-bond acceptors (Lipinski definition) is 4. The zero-order valence-corrected chi connectivity index (χ0v) is 17.7. The monoisotopic (exact) mass is 402 g/mol. The summed E-state index contributed by atoms with van der Waals surface area (Å²) in [7, 11) is 0. The molecule has 0 radical (unpaired) electrons. The molecule has 2 aromatic heterocycles. The van der Waals surface area contributed by atoms with Crippen LogP contribution >= 0.6 is 0 Å². The van der Waals surface area contributed by atoms with Gasteiger partial charge in [0.05, 0.1) is 16.8 Å². The van der Waals surface area contributed by atoms with Crippen molar-refractivity contribution in [3.8, 4) is 11.3 Å². The number of piperidine rings is 1. The zero-order valence-electron chi connectivity index (χ0n) is 17.7. The van der Waals surface area contributed by atoms with Gasteiger partial charge in [0, 0.05) is 42.5 Å². The zero-order chi connectivity index (χ0) is 20.8. The van der Waals surface area contributed by atoms with E-state index in [9.17, 15) is 4.79 Å². The van der Waals surface area contributed by atoms with Crippen molar-refractivity contribution in [2.24, 2.45) is 0 Å². The minimum absolute atomic E-state index is 0.0376. The van der Waals surface area contributed by atoms with E-state index in [4.69, 9.17) is 4.98 Å². The van der Waals surface area contributed by atoms with Gasteiger partial charge in [-0.15, -0.1) is 0 Å². The fraction of sp³-hybridized carbons (Fsp3) is 0.400. The highest BCUT2D eigenvalue weighted by Gasteiger charge is 2.20. The molecular weight excluding hydrogens is 372 g/mol. The predicted molar refractivity (Wildman–Crippen MR) is 121 cm³/mol. The summed E-state index contributed by atoms with van der Waals surface area (Å²) >= 11 is 0. The average molecular weight is 403 g/mol. The number of fused-ring (bicyclic) bond motifs is 1. The second-order valence-electron chi connectivity index (χ2n) is 8.02. The van der Waals surface area contributed by atoms with E-state index < -0.39 is 0 Å². The number of para-hydroxylation sites is 1. The van der Waals surface area contributed by atoms with E-state index in [0.717, 1.165) is 35.1 Å². The van der Waals surface area contributed by atoms with Gasteiger partial charge in [0.15, 0.2) is 0 Å². The topological polar surface area (TPSA) is 58.1 Å². The number of rotatable bonds is 7. The summed E-state index contributed by atoms with van der Waals surface area (Å²) < 4.78 is 0. The lowest BCUT2D eigenvalue weighted by Crippen LogP contribution is -2.40. The number of nitrogens with one attached hydrogen (secondary N) is 1. The number of likely N-dealkylation sites (tertiary alicyclic amines) is 1. The van der Waals surface area contributed by atoms with E-state index >= 15 is 0 Å². The van der Waals surface area contributed by atoms with Gasteiger partial charge in [-0.05, 0) is 56.5 Å². The lowest BCUT2D eigenvalue weighted by molar-refractivity contribution is 0.0949. The predicted octanol–water partition coefficient (Wildman–Crippen LogP) is 4.68. The minimum Gasteiger partial charge on any atom is -0.352 e. The Balaban J connectivity index is 1.46. The van der Waals surface area contributed by atoms with Gasteiger partial charge < -0.3 is 10.2 Å². The number of aromatic nitrogens is 2. The molecule has 0 bridgehead atoms. The third-order valence-electron chi connectivity index (χ3n) is 6.05. The van der Waals surface area contributed by atoms with Crippen LogP contribution in [0.2, 0.25) is 0 Å². The van der Waals surface area contributed by atoms with Gasteiger partial charge in [-0.3, -0.25) is 9.78 Å². The lowest BCUT2D eigenvalue weighted by atomic mass is 10.00. The van der Waals surface area contributed by atoms with Crippen LogP contribution in [0, 0.1) is 0 Å². The summed E-state index contributed by atoms with van der Waals surface area (Å²) in [6.45, 7) is 5.20. The summed E-state index contributed by atoms with van der Waals surface area (Å²) in [4.78, 5) is 24.6. The van der Waals surface area contributed by atoms with Crippen molar-refractivity contribution in [1.29, 1.82) is 0 Å². The third kappa shape index (κ3) is 4.68. The maximum atomic E-state index is 13.0. The quantitative estimate of drug-likeness (QED) is 0.583. The maximum Gasteiger partial charge on any atom is 0.252 e. The summed E-state index contributed by atoms with van der Waals surface area (Å²) in [5.41, 5.74) is 3.17. The Kier molecular flexibility index (Phi) is 6.70. The number of benzene rings is 1. The standard InChI is InChI=1S/C25H30N4O/c1-2-20-10-5-6-15-29(20)16-8-14-27-25(30)22-17-24(19-9-7-13-26-18-19)28-23-12-4-3-11-21(22)23/h3-4,7,9,11-13,17-18,20H,2,5-6,8,10,14-16H2,1H3,(H,27,30). The van der Waals surface area contributed by atoms with E-state index in [-0.39, 0.29) is 5.91 Å². The van der Waals surface area contributed by atoms with Crippen LogP contribution in [0.4, 0.5) is 0 Å². The second-order valence-corrected chi connectivity index (χ2v) is 8.02. The van der Waals surface area contributed by atoms with Gasteiger partial charge in [0.25, 0.3) is 5.91 Å². The molecule has 0 aliphatic carbocycles. The first-order valence-corrected chi connectivity index (χ1v) is 11.1. The number of nitrogens with zero attached hydrogens (tertiary/aromatic N) is 3. The highest BCUT2D eigenvalue weighted by Crippen LogP contribution is 2.24. The molecule has 1 aliphatic heterocycles. The van der Waals surface area contributed by atoms with Crippen molar-refractivity contribution in [2.45, 2.75) is 45.1 Å². The van der Waals surface area contributed by atoms with Crippen molar-refractivity contribution >= 4 is 16.8 Å². The molecule has 156 valence electrons. The molecule has 1 saturated heterocycles. The molecule has 1 aromatic carbocycles. The Bertz CT molecular complexity index is 989. The first-order valence-electron chi connectivity index (χ1n) is 11.1. The highest BCUT2D eigenvalue weighted by atomic mass is 16.1. The van der Waals surface area contributed by atoms with Crippen molar-refractivity contribution in [2.75, 3.05) is 19.6 Å². The van der Waals surface area contributed by atoms with Crippen molar-refractivity contribution in [1.82, 2.24) is 20.2 Å². The molecule has 1 fully saturated rings. The Hall–Kier alpha value is -2.79. The van der Waals surface area contributed by atoms with E-state index in [2.05, 4.69) is 22.1 Å². The third-order valence-corrected chi connectivity index (χ3v) is 6.05. The van der Waals surface area contributed by atoms with Crippen molar-refractivity contribution in [3.63, 3.8) is 0 Å². The first kappa shape index (κ1) is 20.5. The summed E-state index contributed by atoms with van der Waals surface area (Å²) in [5.74, 6) is -0.0376. The summed E-state index contributed by atoms with van der Waals surface area (Å²) in [6, 6.07) is 14.3. The fourth-order valence-corrected chi connectivity index (χ4v) is 4.42. The van der Waals surface area contributed by atoms with Crippen LogP contribution in [0.5, 0.6) is 0 Å². The van der Waals surface area contributed by atoms with Crippen LogP contribution in [0.15, 0.2) is 54.9 Å². The number of carbonyl (C=O) groups excluding carboxylic acids is 1. The fourth-order valence-electron chi connectivity index (χ4n) is 4.42. The Morgan fingerprint density at radius 2 is 2.10 bits per heavy atom. The molecule has 1 unspecified atom stereocenters. The Morgan fingerprint density at radius 1 is 1.20 bits per heavy atom. The summed E-state index contributed by atoms with van der Waals surface area (Å²) in [5, 5.41) is 4.01. The van der Waals surface area contributed by atoms with Crippen molar-refractivity contribution in [3.05, 3.63) is 60.4 Å². The van der Waals surface area contributed by atoms with Gasteiger partial charge in [0.1, 0.15) is 0 Å². The van der Waals surface area contributed by atoms with E-state index in [1.165, 1.54) is 32.2 Å². The van der Waals surface area contributed by atoms with Crippen LogP contribution in [-0.4, -0.2) is 46.5 Å². The smallest absolute Gasteiger partial charge is 0.252 e. The molecule has 4 rings (SSSR count). The molecular formula is C25H30N4O. The highest BCUT2D eigenvalue weighted by molar-refractivity contribution is 6.07. The maximum absolute atomic E-state index is 13.0. The molecule has 3 aromatic rings. The molecule has 5 nitrogen and oxygen atoms in total. The molecule has 1 N–H and O–H groups in total. The lowest BCUT2D eigenvalue weighted by Gasteiger charge is -2.35. The van der Waals surface area contributed by atoms with Crippen LogP contribution in [0.25, 0.3) is 22.2 Å². The van der Waals surface area contributed by atoms with Gasteiger partial charge in [-0.2, -0.15) is 0 Å². The Labute approximate surface area is 178 Å². The van der Waals surface area contributed by atoms with Gasteiger partial charge in [-0.25, -0.2) is 4.98 Å². The molecule has 1 amide bonds. The van der Waals surface area contributed by atoms with E-state index in [0.29, 0.717) is 18.2 Å². The normalized spacial score (nSPS) is 17.2. The van der Waals surface area contributed by atoms with Crippen LogP contribution < -0.4 is 5.32 Å². The number of hydrogen-bond donors (Lipinski definition) is 1. The first-order chi connectivity index (χ1) is 14.8. The van der Waals surface area contributed by atoms with Crippen molar-refractivity contribution < 1.29 is 4.79 Å². The van der Waals surface area contributed by atoms with Gasteiger partial charge >= 0.3 is 0 Å². The van der Waals surface area contributed by atoms with E-state index in [1.54, 1.807) is 12.4 Å². The Morgan fingerprint density at radius 3 is 2.93 bits per heavy atom. The molecule has 1 aliphatic rings. The van der Waals surface area contributed by atoms with Crippen LogP contribution in [0.1, 0.15) is 49.4 Å². The average Bonchev–Trinajstić information content (AvgIpc) is 2.81. The van der Waals surface area contributed by atoms with Gasteiger partial charge in [-0.1, -0.05) is 31.5 Å². The number of amides is 1.